The van der Waals surface area contributed by atoms with Crippen LogP contribution in [0.15, 0.2) is 11.2 Å². The van der Waals surface area contributed by atoms with Crippen molar-refractivity contribution in [2.24, 2.45) is 5.73 Å². The van der Waals surface area contributed by atoms with Gasteiger partial charge in [-0.3, -0.25) is 10.3 Å². The Kier molecular flexibility index (Phi) is 1.73. The largest absolute Gasteiger partial charge is 0.328 e. The van der Waals surface area contributed by atoms with Crippen molar-refractivity contribution in [3.05, 3.63) is 11.2 Å². The fourth-order valence-corrected chi connectivity index (χ4v) is 0.664. The maximum Gasteiger partial charge on any atom is 0.125 e. The highest BCUT2D eigenvalue weighted by molar-refractivity contribution is 6.29. The molecule has 0 saturated heterocycles. The Morgan fingerprint density at radius 2 is 2.75 bits per heavy atom. The zero-order valence-electron chi connectivity index (χ0n) is 4.23. The molecule has 0 aromatic heterocycles. The Bertz CT molecular complexity index is 115. The molecule has 0 fully saturated rings. The molecule has 1 aliphatic rings. The van der Waals surface area contributed by atoms with E-state index in [1.165, 1.54) is 0 Å². The number of hydroxylamine groups is 1. The third-order valence-corrected chi connectivity index (χ3v) is 1.08. The lowest BCUT2D eigenvalue weighted by molar-refractivity contribution is 0.0507. The lowest BCUT2D eigenvalue weighted by atomic mass is 10.4. The Morgan fingerprint density at radius 1 is 2.00 bits per heavy atom. The first-order valence-corrected chi connectivity index (χ1v) is 2.70. The van der Waals surface area contributed by atoms with Gasteiger partial charge >= 0.3 is 0 Å². The highest BCUT2D eigenvalue weighted by atomic mass is 35.5. The van der Waals surface area contributed by atoms with Crippen molar-refractivity contribution in [3.8, 4) is 0 Å². The first-order chi connectivity index (χ1) is 3.83. The fourth-order valence-electron chi connectivity index (χ4n) is 0.479. The van der Waals surface area contributed by atoms with Gasteiger partial charge in [-0.05, 0) is 6.08 Å². The van der Waals surface area contributed by atoms with Crippen LogP contribution in [0.3, 0.4) is 0 Å². The molecular weight excluding hydrogens is 128 g/mol. The Balaban J connectivity index is 2.41. The van der Waals surface area contributed by atoms with Gasteiger partial charge in [0.25, 0.3) is 0 Å². The molecule has 0 bridgehead atoms. The molecule has 0 aromatic rings. The number of rotatable bonds is 1. The number of halogens is 1. The first-order valence-electron chi connectivity index (χ1n) is 2.32. The molecule has 0 amide bonds. The summed E-state index contributed by atoms with van der Waals surface area (Å²) < 4.78 is 0. The molecule has 1 atom stereocenters. The van der Waals surface area contributed by atoms with E-state index in [-0.39, 0.29) is 6.10 Å². The molecule has 46 valence electrons. The van der Waals surface area contributed by atoms with Gasteiger partial charge in [0.2, 0.25) is 0 Å². The van der Waals surface area contributed by atoms with Crippen molar-refractivity contribution >= 4 is 11.6 Å². The van der Waals surface area contributed by atoms with Crippen molar-refractivity contribution in [1.82, 2.24) is 5.48 Å². The zero-order chi connectivity index (χ0) is 5.98. The van der Waals surface area contributed by atoms with E-state index in [1.807, 2.05) is 0 Å². The molecular formula is C4H7ClN2O. The summed E-state index contributed by atoms with van der Waals surface area (Å²) in [5.41, 5.74) is 7.69. The molecule has 1 aliphatic heterocycles. The summed E-state index contributed by atoms with van der Waals surface area (Å²) in [5, 5.41) is 0.514. The summed E-state index contributed by atoms with van der Waals surface area (Å²) in [6.45, 7) is 0.462. The summed E-state index contributed by atoms with van der Waals surface area (Å²) in [4.78, 5) is 4.81. The van der Waals surface area contributed by atoms with Gasteiger partial charge < -0.3 is 5.73 Å². The van der Waals surface area contributed by atoms with Gasteiger partial charge in [0.15, 0.2) is 0 Å². The maximum absolute atomic E-state index is 5.46. The summed E-state index contributed by atoms with van der Waals surface area (Å²) in [6, 6.07) is 0. The summed E-state index contributed by atoms with van der Waals surface area (Å²) in [5.74, 6) is 0. The third-order valence-electron chi connectivity index (χ3n) is 0.872. The van der Waals surface area contributed by atoms with E-state index < -0.39 is 0 Å². The quantitative estimate of drug-likeness (QED) is 0.494. The second-order valence-electron chi connectivity index (χ2n) is 1.51. The summed E-state index contributed by atoms with van der Waals surface area (Å²) in [6.07, 6.45) is 1.67. The first kappa shape index (κ1) is 5.88. The van der Waals surface area contributed by atoms with Crippen LogP contribution in [0.2, 0.25) is 0 Å². The zero-order valence-corrected chi connectivity index (χ0v) is 4.98. The smallest absolute Gasteiger partial charge is 0.125 e. The lowest BCUT2D eigenvalue weighted by Gasteiger charge is -1.99. The van der Waals surface area contributed by atoms with E-state index in [2.05, 4.69) is 5.48 Å². The number of nitrogens with one attached hydrogen (secondary N) is 1. The molecule has 3 N–H and O–H groups in total. The highest BCUT2D eigenvalue weighted by Crippen LogP contribution is 2.07. The SMILES string of the molecule is NCC1C=C(Cl)NO1. The number of nitrogens with two attached hydrogens (primary N) is 1. The van der Waals surface area contributed by atoms with Crippen LogP contribution in [0.25, 0.3) is 0 Å². The summed E-state index contributed by atoms with van der Waals surface area (Å²) >= 11 is 5.46. The van der Waals surface area contributed by atoms with Crippen molar-refractivity contribution in [2.75, 3.05) is 6.54 Å². The highest BCUT2D eigenvalue weighted by Gasteiger charge is 2.11. The molecule has 1 heterocycles. The molecule has 1 rings (SSSR count). The molecule has 8 heavy (non-hydrogen) atoms. The van der Waals surface area contributed by atoms with Crippen LogP contribution in [-0.2, 0) is 4.84 Å². The predicted octanol–water partition coefficient (Wildman–Crippen LogP) is -0.0713. The van der Waals surface area contributed by atoms with Gasteiger partial charge in [-0.2, -0.15) is 0 Å². The molecule has 0 radical (unpaired) electrons. The molecule has 3 nitrogen and oxygen atoms in total. The molecule has 0 spiro atoms. The van der Waals surface area contributed by atoms with E-state index in [4.69, 9.17) is 22.2 Å². The average molecular weight is 135 g/mol. The Morgan fingerprint density at radius 3 is 3.00 bits per heavy atom. The Labute approximate surface area is 52.4 Å². The van der Waals surface area contributed by atoms with Crippen LogP contribution in [0.1, 0.15) is 0 Å². The monoisotopic (exact) mass is 134 g/mol. The molecule has 0 aromatic carbocycles. The topological polar surface area (TPSA) is 47.3 Å². The molecule has 0 saturated carbocycles. The molecule has 1 unspecified atom stereocenters. The van der Waals surface area contributed by atoms with Gasteiger partial charge in [0, 0.05) is 6.54 Å². The maximum atomic E-state index is 5.46. The van der Waals surface area contributed by atoms with Crippen molar-refractivity contribution < 1.29 is 4.84 Å². The van der Waals surface area contributed by atoms with Crippen molar-refractivity contribution in [1.29, 1.82) is 0 Å². The lowest BCUT2D eigenvalue weighted by Crippen LogP contribution is -2.20. The van der Waals surface area contributed by atoms with Crippen LogP contribution in [-0.4, -0.2) is 12.6 Å². The summed E-state index contributed by atoms with van der Waals surface area (Å²) in [7, 11) is 0. The fraction of sp³-hybridized carbons (Fsp3) is 0.500. The van der Waals surface area contributed by atoms with Gasteiger partial charge in [-0.15, -0.1) is 0 Å². The normalized spacial score (nSPS) is 27.2. The molecule has 0 aliphatic carbocycles. The van der Waals surface area contributed by atoms with Gasteiger partial charge in [0.1, 0.15) is 11.3 Å². The van der Waals surface area contributed by atoms with Crippen LogP contribution >= 0.6 is 11.6 Å². The predicted molar refractivity (Wildman–Crippen MR) is 31.0 cm³/mol. The number of hydrogen-bond donors (Lipinski definition) is 2. The van der Waals surface area contributed by atoms with E-state index in [0.717, 1.165) is 0 Å². The van der Waals surface area contributed by atoms with Gasteiger partial charge in [-0.25, -0.2) is 0 Å². The van der Waals surface area contributed by atoms with Crippen LogP contribution in [0.4, 0.5) is 0 Å². The minimum atomic E-state index is -0.0532. The van der Waals surface area contributed by atoms with Crippen molar-refractivity contribution in [3.63, 3.8) is 0 Å². The van der Waals surface area contributed by atoms with Crippen LogP contribution in [0.5, 0.6) is 0 Å². The molecule has 4 heteroatoms. The van der Waals surface area contributed by atoms with Crippen LogP contribution in [0, 0.1) is 0 Å². The second-order valence-corrected chi connectivity index (χ2v) is 1.92. The minimum absolute atomic E-state index is 0.0532. The number of hydrogen-bond acceptors (Lipinski definition) is 3. The van der Waals surface area contributed by atoms with Gasteiger partial charge in [-0.1, -0.05) is 11.6 Å². The van der Waals surface area contributed by atoms with Crippen LogP contribution < -0.4 is 11.2 Å². The van der Waals surface area contributed by atoms with Crippen molar-refractivity contribution in [2.45, 2.75) is 6.10 Å². The van der Waals surface area contributed by atoms with E-state index in [0.29, 0.717) is 11.7 Å². The minimum Gasteiger partial charge on any atom is -0.328 e. The Hall–Kier alpha value is -0.250. The van der Waals surface area contributed by atoms with E-state index >= 15 is 0 Å². The van der Waals surface area contributed by atoms with Gasteiger partial charge in [0.05, 0.1) is 0 Å². The van der Waals surface area contributed by atoms with E-state index in [1.54, 1.807) is 6.08 Å². The second kappa shape index (κ2) is 2.35. The van der Waals surface area contributed by atoms with E-state index in [9.17, 15) is 0 Å². The standard InChI is InChI=1S/C4H7ClN2O/c5-4-1-3(2-6)8-7-4/h1,3,7H,2,6H2. The average Bonchev–Trinajstić information content (AvgIpc) is 2.14. The third kappa shape index (κ3) is 1.12.